The van der Waals surface area contributed by atoms with Crippen LogP contribution in [0.15, 0.2) is 39.5 Å². The number of phenols is 2. The van der Waals surface area contributed by atoms with Gasteiger partial charge in [0.2, 0.25) is 17.5 Å². The average Bonchev–Trinajstić information content (AvgIpc) is 2.81. The topological polar surface area (TPSA) is 200 Å². The summed E-state index contributed by atoms with van der Waals surface area (Å²) in [5.74, 6) is -1.98. The molecule has 182 valence electrons. The van der Waals surface area contributed by atoms with Crippen molar-refractivity contribution in [3.05, 3.63) is 40.6 Å². The van der Waals surface area contributed by atoms with Crippen molar-refractivity contribution in [3.8, 4) is 40.1 Å². The van der Waals surface area contributed by atoms with Gasteiger partial charge in [-0.2, -0.15) is 0 Å². The average molecular weight is 478 g/mol. The largest absolute Gasteiger partial charge is 0.508 e. The predicted molar refractivity (Wildman–Crippen MR) is 114 cm³/mol. The molecule has 2 heterocycles. The van der Waals surface area contributed by atoms with Gasteiger partial charge in [-0.1, -0.05) is 0 Å². The first-order chi connectivity index (χ1) is 16.2. The van der Waals surface area contributed by atoms with Crippen LogP contribution in [0.1, 0.15) is 0 Å². The van der Waals surface area contributed by atoms with Crippen LogP contribution in [-0.2, 0) is 4.74 Å². The van der Waals surface area contributed by atoms with Crippen LogP contribution in [-0.4, -0.2) is 80.2 Å². The lowest BCUT2D eigenvalue weighted by Crippen LogP contribution is -2.60. The van der Waals surface area contributed by atoms with Gasteiger partial charge in [0, 0.05) is 17.7 Å². The quantitative estimate of drug-likeness (QED) is 0.254. The molecule has 0 radical (unpaired) electrons. The third-order valence-electron chi connectivity index (χ3n) is 5.45. The van der Waals surface area contributed by atoms with Crippen LogP contribution in [0.3, 0.4) is 0 Å². The molecule has 1 saturated heterocycles. The molecule has 7 N–H and O–H groups in total. The fourth-order valence-electron chi connectivity index (χ4n) is 3.66. The highest BCUT2D eigenvalue weighted by Gasteiger charge is 2.45. The van der Waals surface area contributed by atoms with Gasteiger partial charge in [-0.25, -0.2) is 0 Å². The zero-order valence-corrected chi connectivity index (χ0v) is 17.7. The van der Waals surface area contributed by atoms with Gasteiger partial charge in [-0.05, 0) is 18.2 Å². The third-order valence-corrected chi connectivity index (χ3v) is 5.45. The number of methoxy groups -OCH3 is 1. The molecule has 1 fully saturated rings. The molecular formula is C22H22O12. The SMILES string of the molecule is COc1cc(-c2oc3cc(O)cc(O[C@@H]4O[C@H](CO)[C@@H](O)[C@H](O)[C@H]4O)c3c(=O)c2O)ccc1O. The molecule has 0 spiro atoms. The molecular weight excluding hydrogens is 456 g/mol. The first-order valence-electron chi connectivity index (χ1n) is 10.0. The van der Waals surface area contributed by atoms with E-state index in [1.807, 2.05) is 0 Å². The molecule has 34 heavy (non-hydrogen) atoms. The Bertz CT molecular complexity index is 1270. The van der Waals surface area contributed by atoms with Gasteiger partial charge in [-0.3, -0.25) is 4.79 Å². The summed E-state index contributed by atoms with van der Waals surface area (Å²) in [5.41, 5.74) is -0.974. The lowest BCUT2D eigenvalue weighted by molar-refractivity contribution is -0.277. The summed E-state index contributed by atoms with van der Waals surface area (Å²) >= 11 is 0. The number of benzene rings is 2. The summed E-state index contributed by atoms with van der Waals surface area (Å²) in [6.07, 6.45) is -8.06. The standard InChI is InChI=1S/C22H22O12/c1-31-11-4-8(2-3-10(11)25)21-19(29)17(27)15-12(32-21)5-9(24)6-13(15)33-22-20(30)18(28)16(26)14(7-23)34-22/h2-6,14,16,18,20,22-26,28-30H,7H2,1H3/t14-,16-,18+,20-,22-/m1/s1. The van der Waals surface area contributed by atoms with Crippen LogP contribution < -0.4 is 14.9 Å². The van der Waals surface area contributed by atoms with E-state index in [9.17, 15) is 40.5 Å². The van der Waals surface area contributed by atoms with Crippen molar-refractivity contribution >= 4 is 11.0 Å². The molecule has 5 atom stereocenters. The van der Waals surface area contributed by atoms with Crippen LogP contribution >= 0.6 is 0 Å². The molecule has 12 heteroatoms. The zero-order valence-electron chi connectivity index (χ0n) is 17.7. The Balaban J connectivity index is 1.81. The number of aliphatic hydroxyl groups excluding tert-OH is 4. The molecule has 12 nitrogen and oxygen atoms in total. The summed E-state index contributed by atoms with van der Waals surface area (Å²) in [5, 5.41) is 69.6. The molecule has 1 aliphatic heterocycles. The van der Waals surface area contributed by atoms with Crippen LogP contribution in [0.4, 0.5) is 0 Å². The van der Waals surface area contributed by atoms with Crippen molar-refractivity contribution in [2.24, 2.45) is 0 Å². The minimum Gasteiger partial charge on any atom is -0.508 e. The number of hydrogen-bond donors (Lipinski definition) is 7. The Kier molecular flexibility index (Phi) is 6.25. The molecule has 4 rings (SSSR count). The Labute approximate surface area is 191 Å². The maximum atomic E-state index is 13.1. The van der Waals surface area contributed by atoms with E-state index in [1.165, 1.54) is 25.3 Å². The number of rotatable bonds is 5. The predicted octanol–water partition coefficient (Wildman–Crippen LogP) is -0.236. The molecule has 0 bridgehead atoms. The van der Waals surface area contributed by atoms with E-state index in [-0.39, 0.29) is 39.5 Å². The van der Waals surface area contributed by atoms with Gasteiger partial charge in [0.25, 0.3) is 0 Å². The highest BCUT2D eigenvalue weighted by atomic mass is 16.7. The van der Waals surface area contributed by atoms with Gasteiger partial charge in [0.05, 0.1) is 13.7 Å². The maximum absolute atomic E-state index is 13.1. The highest BCUT2D eigenvalue weighted by molar-refractivity contribution is 5.88. The second-order valence-electron chi connectivity index (χ2n) is 7.63. The maximum Gasteiger partial charge on any atom is 0.238 e. The van der Waals surface area contributed by atoms with Crippen molar-refractivity contribution in [2.75, 3.05) is 13.7 Å². The molecule has 1 aromatic heterocycles. The molecule has 3 aromatic rings. The van der Waals surface area contributed by atoms with E-state index in [4.69, 9.17) is 18.6 Å². The van der Waals surface area contributed by atoms with Gasteiger partial charge in [-0.15, -0.1) is 0 Å². The number of aliphatic hydroxyl groups is 4. The molecule has 1 aliphatic rings. The summed E-state index contributed by atoms with van der Waals surface area (Å²) in [6.45, 7) is -0.700. The summed E-state index contributed by atoms with van der Waals surface area (Å²) in [6, 6.07) is 6.07. The van der Waals surface area contributed by atoms with Gasteiger partial charge in [0.1, 0.15) is 46.9 Å². The first kappa shape index (κ1) is 23.6. The fourth-order valence-corrected chi connectivity index (χ4v) is 3.66. The molecule has 0 saturated carbocycles. The second kappa shape index (κ2) is 9.00. The van der Waals surface area contributed by atoms with Crippen molar-refractivity contribution in [1.29, 1.82) is 0 Å². The van der Waals surface area contributed by atoms with E-state index in [0.29, 0.717) is 0 Å². The number of aromatic hydroxyl groups is 3. The summed E-state index contributed by atoms with van der Waals surface area (Å²) in [4.78, 5) is 13.1. The fraction of sp³-hybridized carbons (Fsp3) is 0.318. The molecule has 0 amide bonds. The van der Waals surface area contributed by atoms with Crippen molar-refractivity contribution in [1.82, 2.24) is 0 Å². The lowest BCUT2D eigenvalue weighted by Gasteiger charge is -2.39. The summed E-state index contributed by atoms with van der Waals surface area (Å²) < 4.78 is 21.5. The second-order valence-corrected chi connectivity index (χ2v) is 7.63. The van der Waals surface area contributed by atoms with E-state index >= 15 is 0 Å². The third kappa shape index (κ3) is 3.97. The van der Waals surface area contributed by atoms with Crippen molar-refractivity contribution in [2.45, 2.75) is 30.7 Å². The minimum atomic E-state index is -1.78. The number of ether oxygens (including phenoxy) is 3. The van der Waals surface area contributed by atoms with E-state index < -0.39 is 54.2 Å². The van der Waals surface area contributed by atoms with E-state index in [0.717, 1.165) is 12.1 Å². The van der Waals surface area contributed by atoms with Gasteiger partial charge < -0.3 is 54.4 Å². The normalized spacial score (nSPS) is 24.8. The first-order valence-corrected chi connectivity index (χ1v) is 10.0. The number of hydrogen-bond acceptors (Lipinski definition) is 12. The monoisotopic (exact) mass is 478 g/mol. The number of fused-ring (bicyclic) bond motifs is 1. The van der Waals surface area contributed by atoms with Crippen LogP contribution in [0.5, 0.6) is 28.7 Å². The van der Waals surface area contributed by atoms with Crippen LogP contribution in [0, 0.1) is 0 Å². The van der Waals surface area contributed by atoms with Crippen molar-refractivity contribution in [3.63, 3.8) is 0 Å². The van der Waals surface area contributed by atoms with Crippen LogP contribution in [0.2, 0.25) is 0 Å². The van der Waals surface area contributed by atoms with E-state index in [1.54, 1.807) is 0 Å². The van der Waals surface area contributed by atoms with Gasteiger partial charge in [0.15, 0.2) is 17.3 Å². The lowest BCUT2D eigenvalue weighted by atomic mass is 9.99. The molecule has 0 unspecified atom stereocenters. The van der Waals surface area contributed by atoms with Gasteiger partial charge >= 0.3 is 0 Å². The van der Waals surface area contributed by atoms with Crippen molar-refractivity contribution < 1.29 is 54.4 Å². The smallest absolute Gasteiger partial charge is 0.238 e. The zero-order chi connectivity index (χ0) is 24.7. The highest BCUT2D eigenvalue weighted by Crippen LogP contribution is 2.39. The van der Waals surface area contributed by atoms with E-state index in [2.05, 4.69) is 0 Å². The Morgan fingerprint density at radius 2 is 1.71 bits per heavy atom. The molecule has 0 aliphatic carbocycles. The summed E-state index contributed by atoms with van der Waals surface area (Å²) in [7, 11) is 1.32. The minimum absolute atomic E-state index is 0.0576. The van der Waals surface area contributed by atoms with Crippen LogP contribution in [0.25, 0.3) is 22.3 Å². The Hall–Kier alpha value is -3.55. The number of phenolic OH excluding ortho intramolecular Hbond substituents is 2. The molecule has 2 aromatic carbocycles. The Morgan fingerprint density at radius 3 is 2.38 bits per heavy atom. The Morgan fingerprint density at radius 1 is 0.971 bits per heavy atom.